The maximum Gasteiger partial charge on any atom is 0.306 e. The van der Waals surface area contributed by atoms with Gasteiger partial charge in [0, 0.05) is 19.3 Å². The van der Waals surface area contributed by atoms with Gasteiger partial charge in [-0.3, -0.25) is 14.4 Å². The van der Waals surface area contributed by atoms with Crippen molar-refractivity contribution in [3.05, 3.63) is 122 Å². The molecule has 0 N–H and O–H groups in total. The van der Waals surface area contributed by atoms with Crippen LogP contribution in [0.3, 0.4) is 0 Å². The summed E-state index contributed by atoms with van der Waals surface area (Å²) in [6, 6.07) is 0. The summed E-state index contributed by atoms with van der Waals surface area (Å²) in [6.45, 7) is 6.40. The van der Waals surface area contributed by atoms with Crippen molar-refractivity contribution in [2.75, 3.05) is 13.2 Å². The van der Waals surface area contributed by atoms with Gasteiger partial charge in [-0.05, 0) is 103 Å². The zero-order chi connectivity index (χ0) is 47.2. The molecule has 0 fully saturated rings. The normalized spacial score (nSPS) is 13.1. The molecule has 0 spiro atoms. The van der Waals surface area contributed by atoms with Crippen LogP contribution in [0.15, 0.2) is 122 Å². The van der Waals surface area contributed by atoms with Crippen LogP contribution in [-0.4, -0.2) is 37.2 Å². The minimum atomic E-state index is -0.824. The molecule has 1 unspecified atom stereocenters. The molecule has 366 valence electrons. The second kappa shape index (κ2) is 52.4. The second-order valence-corrected chi connectivity index (χ2v) is 16.8. The van der Waals surface area contributed by atoms with Crippen molar-refractivity contribution in [2.24, 2.45) is 0 Å². The van der Waals surface area contributed by atoms with E-state index in [9.17, 15) is 14.4 Å². The first-order valence-electron chi connectivity index (χ1n) is 26.1. The van der Waals surface area contributed by atoms with Crippen molar-refractivity contribution in [3.63, 3.8) is 0 Å². The second-order valence-electron chi connectivity index (χ2n) is 16.8. The standard InChI is InChI=1S/C59H94O6/c1-4-7-10-13-16-19-22-25-27-29-31-32-34-37-40-43-46-49-52-58(61)64-55-56(54-63-57(60)51-48-45-42-39-36-24-21-18-15-12-9-6-3)65-59(62)53-50-47-44-41-38-35-33-30-28-26-23-20-17-14-11-8-5-2/h10,13,16-22,25-29,31-33,35,41,44,56H,4-9,11-12,14-15,23-24,30,34,36-40,42-43,45-55H2,1-3H3/b13-10-,19-16-,20-17-,21-18-,25-22-,28-26-,29-27-,32-31-,35-33-,44-41-. The van der Waals surface area contributed by atoms with Crippen LogP contribution in [0.4, 0.5) is 0 Å². The first-order chi connectivity index (χ1) is 32.0. The molecule has 0 aromatic carbocycles. The highest BCUT2D eigenvalue weighted by atomic mass is 16.6. The zero-order valence-electron chi connectivity index (χ0n) is 41.7. The Kier molecular flexibility index (Phi) is 49.1. The average molecular weight is 899 g/mol. The highest BCUT2D eigenvalue weighted by Crippen LogP contribution is 2.12. The molecule has 6 nitrogen and oxygen atoms in total. The molecule has 0 saturated heterocycles. The van der Waals surface area contributed by atoms with Gasteiger partial charge in [-0.2, -0.15) is 0 Å². The van der Waals surface area contributed by atoms with Gasteiger partial charge >= 0.3 is 17.9 Å². The van der Waals surface area contributed by atoms with E-state index in [1.54, 1.807) is 0 Å². The molecule has 0 rings (SSSR count). The smallest absolute Gasteiger partial charge is 0.306 e. The fourth-order valence-electron chi connectivity index (χ4n) is 6.58. The quantitative estimate of drug-likeness (QED) is 0.0199. The fraction of sp³-hybridized carbons (Fsp3) is 0.610. The van der Waals surface area contributed by atoms with E-state index in [0.717, 1.165) is 103 Å². The Labute approximate surface area is 399 Å². The number of unbranched alkanes of at least 4 members (excludes halogenated alkanes) is 18. The lowest BCUT2D eigenvalue weighted by molar-refractivity contribution is -0.167. The van der Waals surface area contributed by atoms with E-state index < -0.39 is 6.10 Å². The summed E-state index contributed by atoms with van der Waals surface area (Å²) in [5.41, 5.74) is 0. The number of hydrogen-bond donors (Lipinski definition) is 0. The predicted octanol–water partition coefficient (Wildman–Crippen LogP) is 17.3. The molecule has 65 heavy (non-hydrogen) atoms. The summed E-state index contributed by atoms with van der Waals surface area (Å²) in [5.74, 6) is -1.01. The number of esters is 3. The summed E-state index contributed by atoms with van der Waals surface area (Å²) in [4.78, 5) is 38.0. The van der Waals surface area contributed by atoms with Crippen LogP contribution in [0.1, 0.15) is 213 Å². The summed E-state index contributed by atoms with van der Waals surface area (Å²) < 4.78 is 16.7. The molecule has 0 aromatic heterocycles. The lowest BCUT2D eigenvalue weighted by Crippen LogP contribution is -2.30. The van der Waals surface area contributed by atoms with E-state index in [4.69, 9.17) is 14.2 Å². The monoisotopic (exact) mass is 899 g/mol. The van der Waals surface area contributed by atoms with Crippen molar-refractivity contribution in [1.29, 1.82) is 0 Å². The van der Waals surface area contributed by atoms with Gasteiger partial charge in [0.15, 0.2) is 6.10 Å². The molecule has 0 radical (unpaired) electrons. The van der Waals surface area contributed by atoms with Crippen LogP contribution >= 0.6 is 0 Å². The van der Waals surface area contributed by atoms with E-state index in [1.807, 2.05) is 36.5 Å². The Balaban J connectivity index is 4.56. The molecule has 0 saturated carbocycles. The molecule has 6 heteroatoms. The van der Waals surface area contributed by atoms with Crippen LogP contribution < -0.4 is 0 Å². The van der Waals surface area contributed by atoms with Crippen molar-refractivity contribution in [3.8, 4) is 0 Å². The molecule has 0 heterocycles. The molecule has 1 atom stereocenters. The van der Waals surface area contributed by atoms with E-state index in [1.165, 1.54) is 64.2 Å². The van der Waals surface area contributed by atoms with Gasteiger partial charge in [0.1, 0.15) is 13.2 Å². The minimum absolute atomic E-state index is 0.116. The van der Waals surface area contributed by atoms with E-state index in [2.05, 4.69) is 106 Å². The van der Waals surface area contributed by atoms with Gasteiger partial charge < -0.3 is 14.2 Å². The molecule has 0 amide bonds. The van der Waals surface area contributed by atoms with Crippen LogP contribution in [-0.2, 0) is 28.6 Å². The third-order valence-corrected chi connectivity index (χ3v) is 10.5. The highest BCUT2D eigenvalue weighted by Gasteiger charge is 2.19. The SMILES string of the molecule is CCC\C=C/C=C\C=C/C=C\C=C/CCCCCCCC(=O)OCC(COC(=O)CCCCCCC/C=C\CCCCC)OC(=O)CCC/C=C\C/C=C\C/C=C\C/C=C\CCCCC. The summed E-state index contributed by atoms with van der Waals surface area (Å²) in [7, 11) is 0. The zero-order valence-corrected chi connectivity index (χ0v) is 41.7. The fourth-order valence-corrected chi connectivity index (χ4v) is 6.58. The Bertz CT molecular complexity index is 1400. The molecule has 0 aromatic rings. The van der Waals surface area contributed by atoms with Crippen molar-refractivity contribution in [1.82, 2.24) is 0 Å². The third kappa shape index (κ3) is 50.7. The number of rotatable bonds is 45. The Hall–Kier alpha value is -4.19. The number of carbonyl (C=O) groups is 3. The molecular formula is C59H94O6. The van der Waals surface area contributed by atoms with Gasteiger partial charge in [0.2, 0.25) is 0 Å². The van der Waals surface area contributed by atoms with Crippen molar-refractivity contribution >= 4 is 17.9 Å². The number of carbonyl (C=O) groups excluding carboxylic acids is 3. The molecule has 0 aliphatic heterocycles. The molecular weight excluding hydrogens is 805 g/mol. The highest BCUT2D eigenvalue weighted by molar-refractivity contribution is 5.71. The topological polar surface area (TPSA) is 78.9 Å². The Morgan fingerprint density at radius 2 is 0.662 bits per heavy atom. The van der Waals surface area contributed by atoms with E-state index >= 15 is 0 Å². The van der Waals surface area contributed by atoms with Crippen LogP contribution in [0.25, 0.3) is 0 Å². The predicted molar refractivity (Wildman–Crippen MR) is 279 cm³/mol. The Morgan fingerprint density at radius 1 is 0.323 bits per heavy atom. The maximum atomic E-state index is 12.8. The van der Waals surface area contributed by atoms with Gasteiger partial charge in [0.25, 0.3) is 0 Å². The number of ether oxygens (including phenoxy) is 3. The van der Waals surface area contributed by atoms with Gasteiger partial charge in [-0.1, -0.05) is 213 Å². The molecule has 0 bridgehead atoms. The van der Waals surface area contributed by atoms with Crippen LogP contribution in [0, 0.1) is 0 Å². The first kappa shape index (κ1) is 60.8. The minimum Gasteiger partial charge on any atom is -0.462 e. The van der Waals surface area contributed by atoms with Crippen LogP contribution in [0.2, 0.25) is 0 Å². The lowest BCUT2D eigenvalue weighted by Gasteiger charge is -2.18. The first-order valence-corrected chi connectivity index (χ1v) is 26.1. The average Bonchev–Trinajstić information content (AvgIpc) is 3.30. The van der Waals surface area contributed by atoms with Crippen LogP contribution in [0.5, 0.6) is 0 Å². The van der Waals surface area contributed by atoms with E-state index in [-0.39, 0.29) is 37.5 Å². The van der Waals surface area contributed by atoms with Gasteiger partial charge in [-0.15, -0.1) is 0 Å². The lowest BCUT2D eigenvalue weighted by atomic mass is 10.1. The summed E-state index contributed by atoms with van der Waals surface area (Å²) in [6.07, 6.45) is 71.8. The van der Waals surface area contributed by atoms with Gasteiger partial charge in [0.05, 0.1) is 0 Å². The Morgan fingerprint density at radius 3 is 1.12 bits per heavy atom. The van der Waals surface area contributed by atoms with Crippen molar-refractivity contribution < 1.29 is 28.6 Å². The summed E-state index contributed by atoms with van der Waals surface area (Å²) >= 11 is 0. The van der Waals surface area contributed by atoms with Gasteiger partial charge in [-0.25, -0.2) is 0 Å². The van der Waals surface area contributed by atoms with Crippen molar-refractivity contribution in [2.45, 2.75) is 219 Å². The molecule has 0 aliphatic carbocycles. The third-order valence-electron chi connectivity index (χ3n) is 10.5. The maximum absolute atomic E-state index is 12.8. The number of allylic oxidation sites excluding steroid dienone is 20. The van der Waals surface area contributed by atoms with E-state index in [0.29, 0.717) is 19.3 Å². The largest absolute Gasteiger partial charge is 0.462 e. The molecule has 0 aliphatic rings. The number of hydrogen-bond acceptors (Lipinski definition) is 6. The summed E-state index contributed by atoms with van der Waals surface area (Å²) in [5, 5.41) is 0.